The van der Waals surface area contributed by atoms with Crippen molar-refractivity contribution in [3.05, 3.63) is 52.5 Å². The summed E-state index contributed by atoms with van der Waals surface area (Å²) in [6.07, 6.45) is 0. The molecule has 0 heterocycles. The minimum Gasteiger partial charge on any atom is -0.475 e. The van der Waals surface area contributed by atoms with E-state index in [9.17, 15) is 9.90 Å². The second-order valence-corrected chi connectivity index (χ2v) is 6.54. The topological polar surface area (TPSA) is 86.7 Å². The second kappa shape index (κ2) is 9.24. The number of aliphatic hydroxyl groups is 1. The van der Waals surface area contributed by atoms with E-state index in [0.717, 1.165) is 0 Å². The van der Waals surface area contributed by atoms with Crippen molar-refractivity contribution in [2.75, 3.05) is 6.61 Å². The number of carbonyl (C=O) groups excluding carboxylic acids is 1. The lowest BCUT2D eigenvalue weighted by Gasteiger charge is -2.13. The molecule has 9 heteroatoms. The van der Waals surface area contributed by atoms with Gasteiger partial charge in [0.05, 0.1) is 6.61 Å². The predicted octanol–water partition coefficient (Wildman–Crippen LogP) is 3.51. The molecule has 1 rings (SSSR count). The van der Waals surface area contributed by atoms with E-state index in [2.05, 4.69) is 22.1 Å². The van der Waals surface area contributed by atoms with Crippen molar-refractivity contribution < 1.29 is 14.6 Å². The first-order valence-corrected chi connectivity index (χ1v) is 7.78. The zero-order valence-corrected chi connectivity index (χ0v) is 14.7. The van der Waals surface area contributed by atoms with Crippen LogP contribution >= 0.6 is 34.8 Å². The minimum atomic E-state index is -2.26. The van der Waals surface area contributed by atoms with E-state index in [0.29, 0.717) is 5.56 Å². The number of amides is 1. The summed E-state index contributed by atoms with van der Waals surface area (Å²) >= 11 is 16.5. The lowest BCUT2D eigenvalue weighted by atomic mass is 10.1. The molecule has 0 saturated heterocycles. The molecule has 1 aromatic rings. The van der Waals surface area contributed by atoms with Gasteiger partial charge in [0.25, 0.3) is 9.70 Å². The Morgan fingerprint density at radius 3 is 2.54 bits per heavy atom. The Bertz CT molecular complexity index is 713. The summed E-state index contributed by atoms with van der Waals surface area (Å²) in [6, 6.07) is 7.52. The smallest absolute Gasteiger partial charge is 0.474 e. The predicted molar refractivity (Wildman–Crippen MR) is 91.9 cm³/mol. The van der Waals surface area contributed by atoms with E-state index in [1.165, 1.54) is 0 Å². The molecule has 126 valence electrons. The molecule has 2 N–H and O–H groups in total. The summed E-state index contributed by atoms with van der Waals surface area (Å²) < 4.78 is 2.60. The van der Waals surface area contributed by atoms with E-state index >= 15 is 0 Å². The van der Waals surface area contributed by atoms with Crippen molar-refractivity contribution in [2.24, 2.45) is 0 Å². The number of hydrogen-bond acceptors (Lipinski definition) is 4. The lowest BCUT2D eigenvalue weighted by molar-refractivity contribution is -0.120. The largest absolute Gasteiger partial charge is 0.475 e. The first kappa shape index (κ1) is 19.9. The number of benzene rings is 1. The highest BCUT2D eigenvalue weighted by Gasteiger charge is 2.38. The van der Waals surface area contributed by atoms with Crippen molar-refractivity contribution in [1.82, 2.24) is 5.32 Å². The summed E-state index contributed by atoms with van der Waals surface area (Å²) in [7, 11) is 0. The Balaban J connectivity index is 3.22. The number of ether oxygens (including phenoxy) is 1. The zero-order chi connectivity index (χ0) is 18.2. The van der Waals surface area contributed by atoms with Crippen LogP contribution in [-0.4, -0.2) is 27.5 Å². The number of carbonyl (C=O) groups is 1. The molecule has 1 atom stereocenters. The standard InChI is InChI=1S/C15H12Cl3N3O3/c1-2-24-13(22)12(21-19)11(20-14(23)15(16,17)18)9-8-10-6-4-3-5-7-10/h3-7,11H,2H2,1H3,(H-,20,22,23)/p+1/b13-12-. The molecule has 0 radical (unpaired) electrons. The van der Waals surface area contributed by atoms with Gasteiger partial charge in [0.15, 0.2) is 4.98 Å². The van der Waals surface area contributed by atoms with Crippen LogP contribution in [0, 0.1) is 17.2 Å². The molecular formula is C15H13Cl3N3O3+. The van der Waals surface area contributed by atoms with E-state index < -0.39 is 27.4 Å². The molecule has 0 aliphatic rings. The van der Waals surface area contributed by atoms with E-state index in [1.807, 2.05) is 6.07 Å². The molecule has 0 saturated carbocycles. The first-order valence-electron chi connectivity index (χ1n) is 6.64. The Hall–Kier alpha value is -2.12. The van der Waals surface area contributed by atoms with Crippen molar-refractivity contribution >= 4 is 40.7 Å². The van der Waals surface area contributed by atoms with Crippen molar-refractivity contribution in [3.8, 4) is 11.8 Å². The van der Waals surface area contributed by atoms with Gasteiger partial charge in [-0.15, -0.1) is 0 Å². The summed E-state index contributed by atoms with van der Waals surface area (Å²) in [6.45, 7) is 1.71. The van der Waals surface area contributed by atoms with Gasteiger partial charge in [-0.25, -0.2) is 0 Å². The Labute approximate surface area is 154 Å². The molecule has 0 spiro atoms. The second-order valence-electron chi connectivity index (χ2n) is 4.26. The van der Waals surface area contributed by atoms with Crippen LogP contribution in [0.15, 0.2) is 42.0 Å². The Kier molecular flexibility index (Phi) is 7.67. The van der Waals surface area contributed by atoms with Crippen LogP contribution in [0.2, 0.25) is 0 Å². The number of aliphatic hydroxyl groups excluding tert-OH is 1. The summed E-state index contributed by atoms with van der Waals surface area (Å²) in [5.41, 5.74) is 0.196. The number of alkyl halides is 3. The van der Waals surface area contributed by atoms with Gasteiger partial charge in [-0.1, -0.05) is 64.8 Å². The summed E-state index contributed by atoms with van der Waals surface area (Å²) in [5, 5.41) is 21.2. The normalized spacial score (nSPS) is 12.8. The number of rotatable bonds is 4. The number of diazo groups is 1. The third-order valence-corrected chi connectivity index (χ3v) is 3.06. The van der Waals surface area contributed by atoms with Crippen LogP contribution in [0.1, 0.15) is 12.5 Å². The van der Waals surface area contributed by atoms with Gasteiger partial charge in [-0.2, -0.15) is 0 Å². The van der Waals surface area contributed by atoms with Gasteiger partial charge in [0, 0.05) is 5.56 Å². The van der Waals surface area contributed by atoms with Crippen LogP contribution < -0.4 is 5.32 Å². The minimum absolute atomic E-state index is 0.0993. The van der Waals surface area contributed by atoms with Crippen LogP contribution in [0.4, 0.5) is 0 Å². The molecule has 0 bridgehead atoms. The van der Waals surface area contributed by atoms with E-state index in [-0.39, 0.29) is 6.61 Å². The fraction of sp³-hybridized carbons (Fsp3) is 0.267. The third kappa shape index (κ3) is 6.17. The molecule has 0 aromatic heterocycles. The van der Waals surface area contributed by atoms with Gasteiger partial charge in [0.2, 0.25) is 11.4 Å². The molecule has 0 fully saturated rings. The Morgan fingerprint density at radius 1 is 1.42 bits per heavy atom. The number of hydrogen-bond donors (Lipinski definition) is 2. The first-order chi connectivity index (χ1) is 11.3. The number of nitrogens with zero attached hydrogens (tertiary/aromatic N) is 2. The number of nitrogens with one attached hydrogen (secondary N) is 1. The van der Waals surface area contributed by atoms with Gasteiger partial charge in [-0.05, 0) is 19.1 Å². The average Bonchev–Trinajstić information content (AvgIpc) is 2.53. The SMILES string of the molecule is CCO/C(O)=C(\[N+]#N)C(C#Cc1ccccc1)NC(=O)C(Cl)(Cl)Cl. The Morgan fingerprint density at radius 2 is 2.04 bits per heavy atom. The molecule has 24 heavy (non-hydrogen) atoms. The molecular weight excluding hydrogens is 377 g/mol. The highest BCUT2D eigenvalue weighted by molar-refractivity contribution is 6.76. The van der Waals surface area contributed by atoms with Crippen LogP contribution in [-0.2, 0) is 9.53 Å². The van der Waals surface area contributed by atoms with Crippen molar-refractivity contribution in [2.45, 2.75) is 16.8 Å². The quantitative estimate of drug-likeness (QED) is 0.357. The summed E-state index contributed by atoms with van der Waals surface area (Å²) in [4.78, 5) is 14.8. The molecule has 0 aliphatic carbocycles. The van der Waals surface area contributed by atoms with Crippen LogP contribution in [0.25, 0.3) is 4.98 Å². The third-order valence-electron chi connectivity index (χ3n) is 2.55. The maximum Gasteiger partial charge on any atom is 0.474 e. The maximum absolute atomic E-state index is 11.8. The van der Waals surface area contributed by atoms with E-state index in [4.69, 9.17) is 44.9 Å². The number of halogens is 3. The van der Waals surface area contributed by atoms with E-state index in [1.54, 1.807) is 31.2 Å². The molecule has 1 unspecified atom stereocenters. The fourth-order valence-corrected chi connectivity index (χ4v) is 1.66. The monoisotopic (exact) mass is 388 g/mol. The van der Waals surface area contributed by atoms with Gasteiger partial charge < -0.3 is 15.2 Å². The maximum atomic E-state index is 11.8. The zero-order valence-electron chi connectivity index (χ0n) is 12.5. The lowest BCUT2D eigenvalue weighted by Crippen LogP contribution is -2.42. The molecule has 6 nitrogen and oxygen atoms in total. The highest BCUT2D eigenvalue weighted by Crippen LogP contribution is 2.26. The van der Waals surface area contributed by atoms with Crippen molar-refractivity contribution in [3.63, 3.8) is 0 Å². The van der Waals surface area contributed by atoms with Gasteiger partial charge >= 0.3 is 11.6 Å². The molecule has 1 aromatic carbocycles. The molecule has 1 amide bonds. The highest BCUT2D eigenvalue weighted by atomic mass is 35.6. The van der Waals surface area contributed by atoms with Gasteiger partial charge in [-0.3, -0.25) is 4.79 Å². The fourth-order valence-electron chi connectivity index (χ4n) is 1.50. The van der Waals surface area contributed by atoms with Crippen LogP contribution in [0.5, 0.6) is 0 Å². The van der Waals surface area contributed by atoms with Crippen molar-refractivity contribution in [1.29, 1.82) is 5.39 Å². The van der Waals surface area contributed by atoms with Crippen LogP contribution in [0.3, 0.4) is 0 Å². The average molecular weight is 390 g/mol. The molecule has 0 aliphatic heterocycles. The summed E-state index contributed by atoms with van der Waals surface area (Å²) in [5.74, 6) is 3.65. The van der Waals surface area contributed by atoms with Gasteiger partial charge in [0.1, 0.15) is 0 Å².